The topological polar surface area (TPSA) is 0 Å². The highest BCUT2D eigenvalue weighted by Crippen LogP contribution is 2.27. The van der Waals surface area contributed by atoms with Crippen LogP contribution in [-0.4, -0.2) is 8.07 Å². The standard InChI is InChI=1S/C20H43Si/c1-5-9-10-11-12-13-14-15-16-17-18-19-20-21(6-2,7-3)8-4/h1,5-20H2,2-4H3. The first-order valence-electron chi connectivity index (χ1n) is 10.0. The Hall–Kier alpha value is 0.217. The van der Waals surface area contributed by atoms with Gasteiger partial charge >= 0.3 is 0 Å². The number of hydrogen-bond acceptors (Lipinski definition) is 0. The Labute approximate surface area is 137 Å². The zero-order valence-electron chi connectivity index (χ0n) is 15.5. The fourth-order valence-electron chi connectivity index (χ4n) is 3.55. The third kappa shape index (κ3) is 11.4. The number of hydrogen-bond donors (Lipinski definition) is 0. The maximum atomic E-state index is 3.90. The lowest BCUT2D eigenvalue weighted by molar-refractivity contribution is 0.550. The van der Waals surface area contributed by atoms with E-state index in [9.17, 15) is 0 Å². The quantitative estimate of drug-likeness (QED) is 0.200. The van der Waals surface area contributed by atoms with E-state index in [0.29, 0.717) is 0 Å². The molecule has 0 amide bonds. The van der Waals surface area contributed by atoms with Crippen LogP contribution >= 0.6 is 0 Å². The second kappa shape index (κ2) is 15.1. The average Bonchev–Trinajstić information content (AvgIpc) is 2.53. The van der Waals surface area contributed by atoms with Crippen molar-refractivity contribution in [2.24, 2.45) is 0 Å². The predicted octanol–water partition coefficient (Wildman–Crippen LogP) is 8.01. The maximum Gasteiger partial charge on any atom is 0.0527 e. The molecule has 0 aliphatic rings. The van der Waals surface area contributed by atoms with Gasteiger partial charge in [-0.05, 0) is 0 Å². The molecule has 0 aliphatic carbocycles. The van der Waals surface area contributed by atoms with E-state index in [0.717, 1.165) is 6.42 Å². The molecule has 0 aromatic heterocycles. The summed E-state index contributed by atoms with van der Waals surface area (Å²) in [5.74, 6) is 0. The summed E-state index contributed by atoms with van der Waals surface area (Å²) < 4.78 is 0. The zero-order valence-corrected chi connectivity index (χ0v) is 16.5. The molecule has 0 bridgehead atoms. The molecule has 0 unspecified atom stereocenters. The van der Waals surface area contributed by atoms with E-state index in [-0.39, 0.29) is 0 Å². The number of unbranched alkanes of at least 4 members (excludes halogenated alkanes) is 11. The van der Waals surface area contributed by atoms with Gasteiger partial charge in [0, 0.05) is 0 Å². The molecular formula is C20H43Si. The molecule has 0 saturated carbocycles. The van der Waals surface area contributed by atoms with Gasteiger partial charge in [-0.2, -0.15) is 0 Å². The van der Waals surface area contributed by atoms with Gasteiger partial charge < -0.3 is 0 Å². The molecule has 1 radical (unpaired) electrons. The van der Waals surface area contributed by atoms with Crippen LogP contribution in [0, 0.1) is 6.92 Å². The molecule has 0 aromatic carbocycles. The molecule has 0 saturated heterocycles. The normalized spacial score (nSPS) is 12.0. The van der Waals surface area contributed by atoms with Crippen molar-refractivity contribution in [3.05, 3.63) is 6.92 Å². The van der Waals surface area contributed by atoms with Crippen LogP contribution in [0.4, 0.5) is 0 Å². The van der Waals surface area contributed by atoms with E-state index in [1.165, 1.54) is 88.8 Å². The summed E-state index contributed by atoms with van der Waals surface area (Å²) in [6, 6.07) is 6.12. The van der Waals surface area contributed by atoms with Crippen molar-refractivity contribution < 1.29 is 0 Å². The van der Waals surface area contributed by atoms with Crippen LogP contribution < -0.4 is 0 Å². The van der Waals surface area contributed by atoms with Gasteiger partial charge in [-0.15, -0.1) is 0 Å². The molecular weight excluding hydrogens is 268 g/mol. The number of rotatable bonds is 16. The van der Waals surface area contributed by atoms with Crippen molar-refractivity contribution in [3.63, 3.8) is 0 Å². The minimum Gasteiger partial charge on any atom is -0.0678 e. The molecule has 1 heteroatoms. The van der Waals surface area contributed by atoms with Crippen LogP contribution in [0.2, 0.25) is 24.2 Å². The Balaban J connectivity index is 3.29. The molecule has 0 aliphatic heterocycles. The van der Waals surface area contributed by atoms with E-state index in [1.807, 2.05) is 0 Å². The van der Waals surface area contributed by atoms with E-state index < -0.39 is 8.07 Å². The molecule has 0 fully saturated rings. The monoisotopic (exact) mass is 311 g/mol. The molecule has 0 rings (SSSR count). The summed E-state index contributed by atoms with van der Waals surface area (Å²) in [5.41, 5.74) is 0. The molecule has 0 heterocycles. The molecule has 21 heavy (non-hydrogen) atoms. The van der Waals surface area contributed by atoms with Crippen LogP contribution in [0.15, 0.2) is 0 Å². The zero-order chi connectivity index (χ0) is 15.8. The summed E-state index contributed by atoms with van der Waals surface area (Å²) in [7, 11) is -0.819. The minimum absolute atomic E-state index is 0.819. The van der Waals surface area contributed by atoms with Crippen molar-refractivity contribution in [1.82, 2.24) is 0 Å². The van der Waals surface area contributed by atoms with Crippen molar-refractivity contribution in [2.45, 2.75) is 122 Å². The summed E-state index contributed by atoms with van der Waals surface area (Å²) in [4.78, 5) is 0. The van der Waals surface area contributed by atoms with Gasteiger partial charge in [0.15, 0.2) is 0 Å². The van der Waals surface area contributed by atoms with Gasteiger partial charge in [0.25, 0.3) is 0 Å². The highest BCUT2D eigenvalue weighted by molar-refractivity contribution is 6.79. The second-order valence-electron chi connectivity index (χ2n) is 7.05. The van der Waals surface area contributed by atoms with E-state index in [4.69, 9.17) is 0 Å². The molecule has 0 N–H and O–H groups in total. The maximum absolute atomic E-state index is 3.90. The van der Waals surface area contributed by atoms with Gasteiger partial charge in [0.1, 0.15) is 0 Å². The Morgan fingerprint density at radius 2 is 0.857 bits per heavy atom. The van der Waals surface area contributed by atoms with Crippen LogP contribution in [-0.2, 0) is 0 Å². The van der Waals surface area contributed by atoms with E-state index >= 15 is 0 Å². The Kier molecular flexibility index (Phi) is 15.3. The third-order valence-corrected chi connectivity index (χ3v) is 11.6. The van der Waals surface area contributed by atoms with Gasteiger partial charge in [-0.25, -0.2) is 0 Å². The predicted molar refractivity (Wildman–Crippen MR) is 103 cm³/mol. The Morgan fingerprint density at radius 1 is 0.524 bits per heavy atom. The van der Waals surface area contributed by atoms with Gasteiger partial charge in [-0.1, -0.05) is 129 Å². The first-order valence-corrected chi connectivity index (χ1v) is 12.9. The van der Waals surface area contributed by atoms with Gasteiger partial charge in [0.2, 0.25) is 0 Å². The molecule has 0 spiro atoms. The SMILES string of the molecule is [CH2]CCCCCCCCCCCCC[Si](CC)(CC)CC. The summed E-state index contributed by atoms with van der Waals surface area (Å²) >= 11 is 0. The fourth-order valence-corrected chi connectivity index (χ4v) is 7.11. The highest BCUT2D eigenvalue weighted by atomic mass is 28.3. The molecule has 127 valence electrons. The molecule has 0 nitrogen and oxygen atoms in total. The van der Waals surface area contributed by atoms with Crippen molar-refractivity contribution in [2.75, 3.05) is 0 Å². The second-order valence-corrected chi connectivity index (χ2v) is 12.7. The lowest BCUT2D eigenvalue weighted by Crippen LogP contribution is -2.30. The van der Waals surface area contributed by atoms with Crippen molar-refractivity contribution in [3.8, 4) is 0 Å². The van der Waals surface area contributed by atoms with Gasteiger partial charge in [-0.3, -0.25) is 0 Å². The summed E-state index contributed by atoms with van der Waals surface area (Å²) in [6.45, 7) is 11.2. The van der Waals surface area contributed by atoms with Crippen LogP contribution in [0.3, 0.4) is 0 Å². The largest absolute Gasteiger partial charge is 0.0678 e. The fraction of sp³-hybridized carbons (Fsp3) is 0.950. The lowest BCUT2D eigenvalue weighted by atomic mass is 10.1. The molecule has 0 aromatic rings. The highest BCUT2D eigenvalue weighted by Gasteiger charge is 2.25. The van der Waals surface area contributed by atoms with Gasteiger partial charge in [0.05, 0.1) is 8.07 Å². The van der Waals surface area contributed by atoms with Crippen molar-refractivity contribution >= 4 is 8.07 Å². The lowest BCUT2D eigenvalue weighted by Gasteiger charge is -2.28. The minimum atomic E-state index is -0.819. The van der Waals surface area contributed by atoms with Crippen LogP contribution in [0.5, 0.6) is 0 Å². The van der Waals surface area contributed by atoms with Crippen LogP contribution in [0.1, 0.15) is 97.8 Å². The van der Waals surface area contributed by atoms with E-state index in [1.54, 1.807) is 6.04 Å². The summed E-state index contributed by atoms with van der Waals surface area (Å²) in [5, 5.41) is 0. The Bertz CT molecular complexity index is 188. The van der Waals surface area contributed by atoms with Crippen molar-refractivity contribution in [1.29, 1.82) is 0 Å². The first-order chi connectivity index (χ1) is 10.2. The summed E-state index contributed by atoms with van der Waals surface area (Å²) in [6.07, 6.45) is 17.2. The third-order valence-electron chi connectivity index (χ3n) is 5.71. The smallest absolute Gasteiger partial charge is 0.0527 e. The van der Waals surface area contributed by atoms with Crippen LogP contribution in [0.25, 0.3) is 0 Å². The first kappa shape index (κ1) is 21.2. The molecule has 0 atom stereocenters. The average molecular weight is 312 g/mol. The Morgan fingerprint density at radius 3 is 1.19 bits per heavy atom. The van der Waals surface area contributed by atoms with E-state index in [2.05, 4.69) is 27.7 Å².